The van der Waals surface area contributed by atoms with E-state index < -0.39 is 0 Å². The van der Waals surface area contributed by atoms with Crippen molar-refractivity contribution in [3.05, 3.63) is 65.7 Å². The molecule has 1 amide bonds. The molecule has 142 valence electrons. The highest BCUT2D eigenvalue weighted by Crippen LogP contribution is 2.14. The molecule has 5 nitrogen and oxygen atoms in total. The number of nitrogens with one attached hydrogen (secondary N) is 1. The maximum Gasteiger partial charge on any atom is 0.222 e. The number of hydrogen-bond acceptors (Lipinski definition) is 4. The Kier molecular flexibility index (Phi) is 10.4. The van der Waals surface area contributed by atoms with E-state index in [9.17, 15) is 4.79 Å². The van der Waals surface area contributed by atoms with E-state index in [2.05, 4.69) is 5.32 Å². The molecule has 0 saturated heterocycles. The number of amides is 1. The predicted molar refractivity (Wildman–Crippen MR) is 106 cm³/mol. The van der Waals surface area contributed by atoms with Crippen LogP contribution in [-0.2, 0) is 22.6 Å². The molecule has 6 heteroatoms. The van der Waals surface area contributed by atoms with E-state index in [-0.39, 0.29) is 24.4 Å². The predicted octanol–water partition coefficient (Wildman–Crippen LogP) is 2.71. The second kappa shape index (κ2) is 12.3. The Morgan fingerprint density at radius 3 is 2.38 bits per heavy atom. The van der Waals surface area contributed by atoms with Gasteiger partial charge in [-0.05, 0) is 29.7 Å². The molecule has 0 aliphatic heterocycles. The maximum atomic E-state index is 11.8. The lowest BCUT2D eigenvalue weighted by atomic mass is 10.1. The van der Waals surface area contributed by atoms with Crippen LogP contribution in [0.1, 0.15) is 17.5 Å². The van der Waals surface area contributed by atoms with Gasteiger partial charge in [-0.2, -0.15) is 0 Å². The van der Waals surface area contributed by atoms with Crippen molar-refractivity contribution in [3.8, 4) is 5.75 Å². The van der Waals surface area contributed by atoms with E-state index in [0.717, 1.165) is 23.3 Å². The summed E-state index contributed by atoms with van der Waals surface area (Å²) in [5.74, 6) is 0.794. The van der Waals surface area contributed by atoms with Crippen molar-refractivity contribution in [2.45, 2.75) is 25.6 Å². The van der Waals surface area contributed by atoms with Crippen molar-refractivity contribution in [3.63, 3.8) is 0 Å². The molecule has 0 spiro atoms. The van der Waals surface area contributed by atoms with Crippen molar-refractivity contribution in [1.82, 2.24) is 5.32 Å². The Bertz CT molecular complexity index is 631. The highest BCUT2D eigenvalue weighted by molar-refractivity contribution is 5.85. The van der Waals surface area contributed by atoms with Crippen LogP contribution < -0.4 is 15.8 Å². The molecule has 0 bridgehead atoms. The smallest absolute Gasteiger partial charge is 0.222 e. The van der Waals surface area contributed by atoms with Crippen LogP contribution in [0, 0.1) is 0 Å². The fourth-order valence-corrected chi connectivity index (χ4v) is 2.38. The highest BCUT2D eigenvalue weighted by Gasteiger charge is 2.10. The van der Waals surface area contributed by atoms with Crippen LogP contribution in [0.5, 0.6) is 5.75 Å². The Balaban J connectivity index is 0.00000338. The molecule has 3 N–H and O–H groups in total. The molecule has 0 aromatic heterocycles. The van der Waals surface area contributed by atoms with E-state index >= 15 is 0 Å². The minimum atomic E-state index is -0.221. The number of methoxy groups -OCH3 is 1. The Morgan fingerprint density at radius 2 is 1.77 bits per heavy atom. The summed E-state index contributed by atoms with van der Waals surface area (Å²) in [5, 5.41) is 2.89. The minimum Gasteiger partial charge on any atom is -0.489 e. The Labute approximate surface area is 161 Å². The normalized spacial score (nSPS) is 11.3. The molecule has 0 radical (unpaired) electrons. The SMILES string of the molecule is COC(CN)CC(=O)NCCc1ccc(OCc2ccccc2)cc1.Cl. The summed E-state index contributed by atoms with van der Waals surface area (Å²) in [6.07, 6.45) is 0.839. The molecule has 1 atom stereocenters. The number of hydrogen-bond donors (Lipinski definition) is 2. The van der Waals surface area contributed by atoms with Crippen molar-refractivity contribution >= 4 is 18.3 Å². The standard InChI is InChI=1S/C20H26N2O3.ClH/c1-24-19(14-21)13-20(23)22-12-11-16-7-9-18(10-8-16)25-15-17-5-3-2-4-6-17;/h2-10,19H,11-15,21H2,1H3,(H,22,23);1H. The number of carbonyl (C=O) groups is 1. The van der Waals surface area contributed by atoms with Gasteiger partial charge in [0.2, 0.25) is 5.91 Å². The zero-order valence-electron chi connectivity index (χ0n) is 15.0. The van der Waals surface area contributed by atoms with E-state index in [1.165, 1.54) is 0 Å². The molecule has 1 unspecified atom stereocenters. The number of benzene rings is 2. The van der Waals surface area contributed by atoms with Crippen LogP contribution >= 0.6 is 12.4 Å². The van der Waals surface area contributed by atoms with E-state index in [4.69, 9.17) is 15.2 Å². The van der Waals surface area contributed by atoms with Gasteiger partial charge in [-0.3, -0.25) is 4.79 Å². The molecule has 0 heterocycles. The number of carbonyl (C=O) groups excluding carboxylic acids is 1. The third-order valence-corrected chi connectivity index (χ3v) is 3.92. The van der Waals surface area contributed by atoms with Gasteiger partial charge in [0.05, 0.1) is 12.5 Å². The number of halogens is 1. The Morgan fingerprint density at radius 1 is 1.08 bits per heavy atom. The van der Waals surface area contributed by atoms with Crippen molar-refractivity contribution in [1.29, 1.82) is 0 Å². The van der Waals surface area contributed by atoms with Gasteiger partial charge in [0.1, 0.15) is 12.4 Å². The lowest BCUT2D eigenvalue weighted by molar-refractivity contribution is -0.123. The van der Waals surface area contributed by atoms with Crippen LogP contribution in [0.4, 0.5) is 0 Å². The van der Waals surface area contributed by atoms with Gasteiger partial charge in [0, 0.05) is 20.2 Å². The summed E-state index contributed by atoms with van der Waals surface area (Å²) < 4.78 is 10.9. The van der Waals surface area contributed by atoms with E-state index in [1.54, 1.807) is 7.11 Å². The molecule has 0 saturated carbocycles. The first kappa shape index (κ1) is 22.0. The fourth-order valence-electron chi connectivity index (χ4n) is 2.38. The molecule has 2 rings (SSSR count). The summed E-state index contributed by atoms with van der Waals surface area (Å²) in [7, 11) is 1.56. The summed E-state index contributed by atoms with van der Waals surface area (Å²) in [6.45, 7) is 1.48. The number of nitrogens with two attached hydrogens (primary N) is 1. The number of rotatable bonds is 10. The molecule has 0 aliphatic carbocycles. The molecule has 2 aromatic carbocycles. The molecule has 0 aliphatic rings. The first-order valence-corrected chi connectivity index (χ1v) is 8.46. The van der Waals surface area contributed by atoms with Crippen molar-refractivity contribution in [2.75, 3.05) is 20.2 Å². The minimum absolute atomic E-state index is 0. The quantitative estimate of drug-likeness (QED) is 0.666. The van der Waals surface area contributed by atoms with Gasteiger partial charge in [-0.1, -0.05) is 42.5 Å². The molecule has 0 fully saturated rings. The number of ether oxygens (including phenoxy) is 2. The zero-order chi connectivity index (χ0) is 17.9. The van der Waals surface area contributed by atoms with Crippen LogP contribution in [0.25, 0.3) is 0 Å². The van der Waals surface area contributed by atoms with Gasteiger partial charge in [-0.25, -0.2) is 0 Å². The molecule has 26 heavy (non-hydrogen) atoms. The first-order valence-electron chi connectivity index (χ1n) is 8.46. The van der Waals surface area contributed by atoms with E-state index in [1.807, 2.05) is 54.6 Å². The lowest BCUT2D eigenvalue weighted by Crippen LogP contribution is -2.33. The Hall–Kier alpha value is -2.08. The summed E-state index contributed by atoms with van der Waals surface area (Å²) in [6, 6.07) is 18.0. The van der Waals surface area contributed by atoms with Gasteiger partial charge in [-0.15, -0.1) is 12.4 Å². The van der Waals surface area contributed by atoms with Crippen LogP contribution in [-0.4, -0.2) is 32.2 Å². The van der Waals surface area contributed by atoms with Gasteiger partial charge in [0.15, 0.2) is 0 Å². The topological polar surface area (TPSA) is 73.6 Å². The second-order valence-electron chi connectivity index (χ2n) is 5.82. The van der Waals surface area contributed by atoms with Crippen LogP contribution in [0.2, 0.25) is 0 Å². The third-order valence-electron chi connectivity index (χ3n) is 3.92. The fraction of sp³-hybridized carbons (Fsp3) is 0.350. The monoisotopic (exact) mass is 378 g/mol. The average Bonchev–Trinajstić information content (AvgIpc) is 2.66. The maximum absolute atomic E-state index is 11.8. The van der Waals surface area contributed by atoms with Crippen molar-refractivity contribution in [2.24, 2.45) is 5.73 Å². The second-order valence-corrected chi connectivity index (χ2v) is 5.82. The van der Waals surface area contributed by atoms with Crippen LogP contribution in [0.3, 0.4) is 0 Å². The van der Waals surface area contributed by atoms with E-state index in [0.29, 0.717) is 26.1 Å². The summed E-state index contributed by atoms with van der Waals surface area (Å²) in [5.41, 5.74) is 7.80. The van der Waals surface area contributed by atoms with Gasteiger partial charge in [0.25, 0.3) is 0 Å². The lowest BCUT2D eigenvalue weighted by Gasteiger charge is -2.12. The van der Waals surface area contributed by atoms with Crippen molar-refractivity contribution < 1.29 is 14.3 Å². The summed E-state index contributed by atoms with van der Waals surface area (Å²) in [4.78, 5) is 11.8. The average molecular weight is 379 g/mol. The largest absolute Gasteiger partial charge is 0.489 e. The van der Waals surface area contributed by atoms with Crippen LogP contribution in [0.15, 0.2) is 54.6 Å². The molecule has 2 aromatic rings. The zero-order valence-corrected chi connectivity index (χ0v) is 15.8. The third kappa shape index (κ3) is 7.87. The van der Waals surface area contributed by atoms with Gasteiger partial charge >= 0.3 is 0 Å². The highest BCUT2D eigenvalue weighted by atomic mass is 35.5. The summed E-state index contributed by atoms with van der Waals surface area (Å²) >= 11 is 0. The molecular weight excluding hydrogens is 352 g/mol. The first-order chi connectivity index (χ1) is 12.2. The van der Waals surface area contributed by atoms with Gasteiger partial charge < -0.3 is 20.5 Å². The molecular formula is C20H27ClN2O3.